The van der Waals surface area contributed by atoms with Gasteiger partial charge in [0, 0.05) is 51.7 Å². The fourth-order valence-electron chi connectivity index (χ4n) is 4.18. The van der Waals surface area contributed by atoms with E-state index >= 15 is 0 Å². The maximum absolute atomic E-state index is 5.24. The van der Waals surface area contributed by atoms with Crippen molar-refractivity contribution in [1.29, 1.82) is 0 Å². The second-order valence-electron chi connectivity index (χ2n) is 7.12. The molecule has 0 unspecified atom stereocenters. The highest BCUT2D eigenvalue weighted by Crippen LogP contribution is 2.32. The van der Waals surface area contributed by atoms with Crippen LogP contribution in [-0.2, 0) is 13.1 Å². The minimum absolute atomic E-state index is 0.819. The second-order valence-corrected chi connectivity index (χ2v) is 7.12. The first kappa shape index (κ1) is 15.6. The lowest BCUT2D eigenvalue weighted by atomic mass is 10.0. The Labute approximate surface area is 144 Å². The largest absolute Gasteiger partial charge is 0.497 e. The third kappa shape index (κ3) is 3.45. The van der Waals surface area contributed by atoms with Gasteiger partial charge in [-0.15, -0.1) is 0 Å². The Bertz CT molecular complexity index is 644. The molecule has 0 radical (unpaired) electrons. The van der Waals surface area contributed by atoms with Crippen molar-refractivity contribution in [1.82, 2.24) is 14.8 Å². The first-order chi connectivity index (χ1) is 11.8. The van der Waals surface area contributed by atoms with Crippen LogP contribution in [0.5, 0.6) is 5.75 Å². The zero-order valence-corrected chi connectivity index (χ0v) is 14.3. The average Bonchev–Trinajstić information content (AvgIpc) is 3.14. The zero-order chi connectivity index (χ0) is 16.4. The Balaban J connectivity index is 1.29. The van der Waals surface area contributed by atoms with Gasteiger partial charge in [-0.1, -0.05) is 18.2 Å². The van der Waals surface area contributed by atoms with Crippen molar-refractivity contribution >= 4 is 0 Å². The SMILES string of the molecule is COc1ccc(CN2C[C@@H]3CN(Cc4cccnc4)C[C@H]3C2)cc1. The number of benzene rings is 1. The molecule has 2 aromatic rings. The van der Waals surface area contributed by atoms with E-state index in [1.807, 2.05) is 18.5 Å². The van der Waals surface area contributed by atoms with Gasteiger partial charge in [0.05, 0.1) is 7.11 Å². The lowest BCUT2D eigenvalue weighted by molar-refractivity contribution is 0.246. The predicted octanol–water partition coefficient (Wildman–Crippen LogP) is 2.65. The van der Waals surface area contributed by atoms with Crippen LogP contribution in [0.1, 0.15) is 11.1 Å². The molecule has 126 valence electrons. The van der Waals surface area contributed by atoms with Crippen LogP contribution in [0.3, 0.4) is 0 Å². The van der Waals surface area contributed by atoms with Crippen LogP contribution >= 0.6 is 0 Å². The van der Waals surface area contributed by atoms with Crippen LogP contribution in [-0.4, -0.2) is 48.1 Å². The molecular weight excluding hydrogens is 298 g/mol. The van der Waals surface area contributed by atoms with Crippen molar-refractivity contribution in [2.45, 2.75) is 13.1 Å². The number of pyridine rings is 1. The molecule has 4 heteroatoms. The predicted molar refractivity (Wildman–Crippen MR) is 94.8 cm³/mol. The molecule has 2 saturated heterocycles. The van der Waals surface area contributed by atoms with Crippen molar-refractivity contribution in [2.24, 2.45) is 11.8 Å². The second kappa shape index (κ2) is 6.91. The number of aromatic nitrogens is 1. The van der Waals surface area contributed by atoms with E-state index in [9.17, 15) is 0 Å². The van der Waals surface area contributed by atoms with Gasteiger partial charge >= 0.3 is 0 Å². The molecule has 1 aromatic carbocycles. The summed E-state index contributed by atoms with van der Waals surface area (Å²) in [6, 6.07) is 12.7. The molecule has 3 heterocycles. The number of hydrogen-bond donors (Lipinski definition) is 0. The molecule has 2 fully saturated rings. The standard InChI is InChI=1S/C20H25N3O/c1-24-20-6-4-16(5-7-20)10-22-12-18-14-23(15-19(18)13-22)11-17-3-2-8-21-9-17/h2-9,18-19H,10-15H2,1H3/t18-,19-/m1/s1. The summed E-state index contributed by atoms with van der Waals surface area (Å²) in [4.78, 5) is 9.43. The molecule has 4 rings (SSSR count). The average molecular weight is 323 g/mol. The van der Waals surface area contributed by atoms with E-state index in [0.29, 0.717) is 0 Å². The van der Waals surface area contributed by atoms with Gasteiger partial charge in [-0.05, 0) is 41.2 Å². The number of nitrogens with zero attached hydrogens (tertiary/aromatic N) is 3. The summed E-state index contributed by atoms with van der Waals surface area (Å²) in [7, 11) is 1.72. The van der Waals surface area contributed by atoms with Crippen LogP contribution < -0.4 is 4.74 Å². The van der Waals surface area contributed by atoms with Gasteiger partial charge in [-0.2, -0.15) is 0 Å². The molecule has 0 bridgehead atoms. The monoisotopic (exact) mass is 323 g/mol. The number of likely N-dealkylation sites (tertiary alicyclic amines) is 2. The molecular formula is C20H25N3O. The van der Waals surface area contributed by atoms with Gasteiger partial charge in [0.1, 0.15) is 5.75 Å². The summed E-state index contributed by atoms with van der Waals surface area (Å²) >= 11 is 0. The van der Waals surface area contributed by atoms with Crippen LogP contribution in [0.15, 0.2) is 48.8 Å². The van der Waals surface area contributed by atoms with E-state index in [0.717, 1.165) is 30.7 Å². The Morgan fingerprint density at radius 1 is 0.917 bits per heavy atom. The van der Waals surface area contributed by atoms with E-state index in [1.165, 1.54) is 37.3 Å². The summed E-state index contributed by atoms with van der Waals surface area (Å²) in [5, 5.41) is 0. The molecule has 0 N–H and O–H groups in total. The zero-order valence-electron chi connectivity index (χ0n) is 14.3. The number of hydrogen-bond acceptors (Lipinski definition) is 4. The molecule has 2 aliphatic heterocycles. The summed E-state index contributed by atoms with van der Waals surface area (Å²) in [6.45, 7) is 6.98. The maximum atomic E-state index is 5.24. The molecule has 0 saturated carbocycles. The van der Waals surface area contributed by atoms with Crippen LogP contribution in [0.25, 0.3) is 0 Å². The molecule has 2 aliphatic rings. The van der Waals surface area contributed by atoms with Gasteiger partial charge in [0.25, 0.3) is 0 Å². The van der Waals surface area contributed by atoms with Gasteiger partial charge in [0.2, 0.25) is 0 Å². The topological polar surface area (TPSA) is 28.6 Å². The first-order valence-corrected chi connectivity index (χ1v) is 8.76. The number of ether oxygens (including phenoxy) is 1. The number of rotatable bonds is 5. The van der Waals surface area contributed by atoms with Gasteiger partial charge in [0.15, 0.2) is 0 Å². The molecule has 2 atom stereocenters. The molecule has 0 spiro atoms. The Morgan fingerprint density at radius 2 is 1.54 bits per heavy atom. The maximum Gasteiger partial charge on any atom is 0.118 e. The molecule has 0 aliphatic carbocycles. The van der Waals surface area contributed by atoms with Gasteiger partial charge in [-0.3, -0.25) is 14.8 Å². The lowest BCUT2D eigenvalue weighted by Gasteiger charge is -2.21. The normalized spacial score (nSPS) is 24.2. The molecule has 4 nitrogen and oxygen atoms in total. The summed E-state index contributed by atoms with van der Waals surface area (Å²) in [6.07, 6.45) is 3.84. The Hall–Kier alpha value is -1.91. The minimum Gasteiger partial charge on any atom is -0.497 e. The van der Waals surface area contributed by atoms with E-state index in [4.69, 9.17) is 4.74 Å². The van der Waals surface area contributed by atoms with Crippen molar-refractivity contribution < 1.29 is 4.74 Å². The summed E-state index contributed by atoms with van der Waals surface area (Å²) in [5.74, 6) is 2.57. The Morgan fingerprint density at radius 3 is 2.08 bits per heavy atom. The molecule has 1 aromatic heterocycles. The highest BCUT2D eigenvalue weighted by Gasteiger charge is 2.39. The summed E-state index contributed by atoms with van der Waals surface area (Å²) in [5.41, 5.74) is 2.70. The highest BCUT2D eigenvalue weighted by molar-refractivity contribution is 5.27. The minimum atomic E-state index is 0.819. The lowest BCUT2D eigenvalue weighted by Crippen LogP contribution is -2.28. The fraction of sp³-hybridized carbons (Fsp3) is 0.450. The smallest absolute Gasteiger partial charge is 0.118 e. The van der Waals surface area contributed by atoms with E-state index in [1.54, 1.807) is 7.11 Å². The van der Waals surface area contributed by atoms with Crippen molar-refractivity contribution in [3.05, 3.63) is 59.9 Å². The van der Waals surface area contributed by atoms with Crippen molar-refractivity contribution in [3.63, 3.8) is 0 Å². The quantitative estimate of drug-likeness (QED) is 0.846. The van der Waals surface area contributed by atoms with Crippen LogP contribution in [0.2, 0.25) is 0 Å². The first-order valence-electron chi connectivity index (χ1n) is 8.76. The van der Waals surface area contributed by atoms with E-state index < -0.39 is 0 Å². The number of fused-ring (bicyclic) bond motifs is 1. The van der Waals surface area contributed by atoms with Crippen molar-refractivity contribution in [2.75, 3.05) is 33.3 Å². The Kier molecular flexibility index (Phi) is 4.50. The van der Waals surface area contributed by atoms with Crippen LogP contribution in [0, 0.1) is 11.8 Å². The van der Waals surface area contributed by atoms with Gasteiger partial charge < -0.3 is 4.74 Å². The van der Waals surface area contributed by atoms with E-state index in [-0.39, 0.29) is 0 Å². The third-order valence-electron chi connectivity index (χ3n) is 5.33. The van der Waals surface area contributed by atoms with Crippen molar-refractivity contribution in [3.8, 4) is 5.75 Å². The highest BCUT2D eigenvalue weighted by atomic mass is 16.5. The molecule has 24 heavy (non-hydrogen) atoms. The van der Waals surface area contributed by atoms with Crippen LogP contribution in [0.4, 0.5) is 0 Å². The fourth-order valence-corrected chi connectivity index (χ4v) is 4.18. The number of methoxy groups -OCH3 is 1. The summed E-state index contributed by atoms with van der Waals surface area (Å²) < 4.78 is 5.24. The third-order valence-corrected chi connectivity index (χ3v) is 5.33. The molecule has 0 amide bonds. The van der Waals surface area contributed by atoms with E-state index in [2.05, 4.69) is 45.1 Å². The van der Waals surface area contributed by atoms with Gasteiger partial charge in [-0.25, -0.2) is 0 Å².